The fourth-order valence-electron chi connectivity index (χ4n) is 5.03. The van der Waals surface area contributed by atoms with E-state index in [4.69, 9.17) is 16.3 Å². The average Bonchev–Trinajstić information content (AvgIpc) is 2.89. The van der Waals surface area contributed by atoms with Gasteiger partial charge in [0.2, 0.25) is 0 Å². The second-order valence-electron chi connectivity index (χ2n) is 9.60. The molecule has 2 aliphatic rings. The van der Waals surface area contributed by atoms with Crippen LogP contribution in [0.25, 0.3) is 10.8 Å². The highest BCUT2D eigenvalue weighted by molar-refractivity contribution is 6.36. The van der Waals surface area contributed by atoms with Gasteiger partial charge in [0.25, 0.3) is 0 Å². The molecule has 0 amide bonds. The van der Waals surface area contributed by atoms with Crippen LogP contribution < -0.4 is 19.9 Å². The van der Waals surface area contributed by atoms with E-state index >= 15 is 0 Å². The summed E-state index contributed by atoms with van der Waals surface area (Å²) in [4.78, 5) is 14.8. The number of anilines is 2. The smallest absolute Gasteiger partial charge is 0.401 e. The lowest BCUT2D eigenvalue weighted by atomic mass is 10.0. The average molecular weight is 553 g/mol. The maximum absolute atomic E-state index is 14.3. The van der Waals surface area contributed by atoms with E-state index < -0.39 is 18.5 Å². The van der Waals surface area contributed by atoms with Crippen molar-refractivity contribution in [2.75, 3.05) is 69.3 Å². The number of rotatable bonds is 7. The molecule has 5 rings (SSSR count). The summed E-state index contributed by atoms with van der Waals surface area (Å²) in [6.07, 6.45) is -3.60. The number of alkyl halides is 3. The van der Waals surface area contributed by atoms with Crippen molar-refractivity contribution in [2.45, 2.75) is 19.1 Å². The van der Waals surface area contributed by atoms with Crippen LogP contribution in [-0.2, 0) is 13.0 Å². The first-order valence-corrected chi connectivity index (χ1v) is 12.9. The molecule has 0 spiro atoms. The summed E-state index contributed by atoms with van der Waals surface area (Å²) < 4.78 is 58.1. The zero-order valence-electron chi connectivity index (χ0n) is 21.0. The molecule has 0 saturated carbocycles. The van der Waals surface area contributed by atoms with Crippen molar-refractivity contribution in [2.24, 2.45) is 0 Å². The van der Waals surface area contributed by atoms with Crippen LogP contribution in [0.4, 0.5) is 29.1 Å². The van der Waals surface area contributed by atoms with Gasteiger partial charge in [0.05, 0.1) is 23.8 Å². The summed E-state index contributed by atoms with van der Waals surface area (Å²) in [6.45, 7) is 3.39. The Morgan fingerprint density at radius 3 is 2.63 bits per heavy atom. The van der Waals surface area contributed by atoms with Gasteiger partial charge in [-0.1, -0.05) is 29.8 Å². The summed E-state index contributed by atoms with van der Waals surface area (Å²) in [5.41, 5.74) is 2.63. The first-order chi connectivity index (χ1) is 18.2. The molecule has 0 radical (unpaired) electrons. The summed E-state index contributed by atoms with van der Waals surface area (Å²) in [5, 5.41) is 4.91. The maximum Gasteiger partial charge on any atom is 0.401 e. The largest absolute Gasteiger partial charge is 0.462 e. The SMILES string of the molecule is CN(CCOc1nc2c(c(N3CCNCC3)n1)CCN(c1cccc3ccc(F)c(Cl)c13)C2)CC(F)(F)F. The molecule has 1 aromatic heterocycles. The van der Waals surface area contributed by atoms with Crippen molar-refractivity contribution >= 4 is 33.9 Å². The number of nitrogens with zero attached hydrogens (tertiary/aromatic N) is 5. The first-order valence-electron chi connectivity index (χ1n) is 12.5. The third-order valence-corrected chi connectivity index (χ3v) is 7.22. The van der Waals surface area contributed by atoms with Gasteiger partial charge < -0.3 is 19.9 Å². The Morgan fingerprint density at radius 1 is 1.08 bits per heavy atom. The Kier molecular flexibility index (Phi) is 7.78. The Morgan fingerprint density at radius 2 is 1.87 bits per heavy atom. The van der Waals surface area contributed by atoms with Crippen LogP contribution in [0.5, 0.6) is 6.01 Å². The molecular weight excluding hydrogens is 524 g/mol. The molecular formula is C26H29ClF4N6O. The van der Waals surface area contributed by atoms with Crippen LogP contribution >= 0.6 is 11.6 Å². The van der Waals surface area contributed by atoms with Crippen molar-refractivity contribution < 1.29 is 22.3 Å². The molecule has 3 heterocycles. The van der Waals surface area contributed by atoms with Gasteiger partial charge in [-0.25, -0.2) is 4.39 Å². The highest BCUT2D eigenvalue weighted by Crippen LogP contribution is 2.38. The second kappa shape index (κ2) is 11.1. The molecule has 2 aliphatic heterocycles. The minimum absolute atomic E-state index is 0.0221. The highest BCUT2D eigenvalue weighted by atomic mass is 35.5. The molecule has 0 bridgehead atoms. The van der Waals surface area contributed by atoms with Gasteiger partial charge in [-0.05, 0) is 31.0 Å². The predicted molar refractivity (Wildman–Crippen MR) is 140 cm³/mol. The molecule has 1 fully saturated rings. The third kappa shape index (κ3) is 5.89. The standard InChI is InChI=1S/C26H29ClF4N6O/c1-35(16-26(29,30)31)13-14-38-25-33-20-15-37(10-7-18(20)24(34-25)36-11-8-32-9-12-36)21-4-2-3-17-5-6-19(28)23(27)22(17)21/h2-6,32H,7-16H2,1H3. The Labute approximate surface area is 223 Å². The Balaban J connectivity index is 1.43. The van der Waals surface area contributed by atoms with Crippen molar-refractivity contribution in [3.8, 4) is 6.01 Å². The highest BCUT2D eigenvalue weighted by Gasteiger charge is 2.30. The van der Waals surface area contributed by atoms with Gasteiger partial charge in [-0.15, -0.1) is 0 Å². The molecule has 0 atom stereocenters. The Bertz CT molecular complexity index is 1300. The zero-order valence-corrected chi connectivity index (χ0v) is 21.7. The second-order valence-corrected chi connectivity index (χ2v) is 9.98. The molecule has 3 aromatic rings. The fourth-order valence-corrected chi connectivity index (χ4v) is 5.30. The number of aromatic nitrogens is 2. The van der Waals surface area contributed by atoms with E-state index in [1.165, 1.54) is 13.1 Å². The summed E-state index contributed by atoms with van der Waals surface area (Å²) in [5.74, 6) is 0.329. The van der Waals surface area contributed by atoms with Gasteiger partial charge in [-0.3, -0.25) is 4.90 Å². The van der Waals surface area contributed by atoms with E-state index in [9.17, 15) is 17.6 Å². The number of ether oxygens (including phenoxy) is 1. The number of hydrogen-bond acceptors (Lipinski definition) is 7. The predicted octanol–water partition coefficient (Wildman–Crippen LogP) is 4.27. The fraction of sp³-hybridized carbons (Fsp3) is 0.462. The van der Waals surface area contributed by atoms with Gasteiger partial charge >= 0.3 is 12.2 Å². The van der Waals surface area contributed by atoms with Gasteiger partial charge in [0.1, 0.15) is 18.2 Å². The lowest BCUT2D eigenvalue weighted by molar-refractivity contribution is -0.143. The Hall–Kier alpha value is -2.89. The van der Waals surface area contributed by atoms with Gasteiger partial charge in [0.15, 0.2) is 0 Å². The monoisotopic (exact) mass is 552 g/mol. The number of halogens is 5. The lowest BCUT2D eigenvalue weighted by Crippen LogP contribution is -2.45. The van der Waals surface area contributed by atoms with Crippen LogP contribution in [0.3, 0.4) is 0 Å². The number of likely N-dealkylation sites (N-methyl/N-ethyl adjacent to an activating group) is 1. The molecule has 2 aromatic carbocycles. The van der Waals surface area contributed by atoms with Crippen LogP contribution in [-0.4, -0.2) is 80.5 Å². The van der Waals surface area contributed by atoms with Crippen LogP contribution in [0, 0.1) is 5.82 Å². The lowest BCUT2D eigenvalue weighted by Gasteiger charge is -2.35. The van der Waals surface area contributed by atoms with Crippen LogP contribution in [0.15, 0.2) is 30.3 Å². The van der Waals surface area contributed by atoms with Crippen molar-refractivity contribution in [3.05, 3.63) is 52.4 Å². The molecule has 7 nitrogen and oxygen atoms in total. The van der Waals surface area contributed by atoms with E-state index in [1.807, 2.05) is 18.2 Å². The molecule has 0 unspecified atom stereocenters. The van der Waals surface area contributed by atoms with Gasteiger partial charge in [-0.2, -0.15) is 23.1 Å². The number of fused-ring (bicyclic) bond motifs is 2. The molecule has 0 aliphatic carbocycles. The summed E-state index contributed by atoms with van der Waals surface area (Å²) in [6, 6.07) is 8.95. The zero-order chi connectivity index (χ0) is 26.9. The maximum atomic E-state index is 14.3. The molecule has 1 N–H and O–H groups in total. The number of nitrogens with one attached hydrogen (secondary N) is 1. The van der Waals surface area contributed by atoms with Gasteiger partial charge in [0, 0.05) is 55.9 Å². The number of hydrogen-bond donors (Lipinski definition) is 1. The van der Waals surface area contributed by atoms with E-state index in [0.717, 1.165) is 59.2 Å². The van der Waals surface area contributed by atoms with Crippen LogP contribution in [0.1, 0.15) is 11.3 Å². The van der Waals surface area contributed by atoms with E-state index in [2.05, 4.69) is 25.1 Å². The first kappa shape index (κ1) is 26.7. The topological polar surface area (TPSA) is 56.8 Å². The number of piperazine rings is 1. The molecule has 1 saturated heterocycles. The van der Waals surface area contributed by atoms with E-state index in [0.29, 0.717) is 24.9 Å². The molecule has 38 heavy (non-hydrogen) atoms. The van der Waals surface area contributed by atoms with Crippen molar-refractivity contribution in [3.63, 3.8) is 0 Å². The summed E-state index contributed by atoms with van der Waals surface area (Å²) in [7, 11) is 1.40. The van der Waals surface area contributed by atoms with Crippen molar-refractivity contribution in [1.29, 1.82) is 0 Å². The third-order valence-electron chi connectivity index (χ3n) is 6.85. The normalized spacial score (nSPS) is 16.3. The molecule has 204 valence electrons. The van der Waals surface area contributed by atoms with Crippen LogP contribution in [0.2, 0.25) is 5.02 Å². The minimum atomic E-state index is -4.27. The quantitative estimate of drug-likeness (QED) is 0.439. The van der Waals surface area contributed by atoms with E-state index in [1.54, 1.807) is 6.07 Å². The van der Waals surface area contributed by atoms with Crippen molar-refractivity contribution in [1.82, 2.24) is 20.2 Å². The minimum Gasteiger partial charge on any atom is -0.462 e. The van der Waals surface area contributed by atoms with E-state index in [-0.39, 0.29) is 24.2 Å². The summed E-state index contributed by atoms with van der Waals surface area (Å²) >= 11 is 6.39. The molecule has 12 heteroatoms. The number of benzene rings is 2.